The van der Waals surface area contributed by atoms with Crippen LogP contribution >= 0.6 is 11.6 Å². The Hall–Kier alpha value is -1.54. The monoisotopic (exact) mass is 286 g/mol. The maximum atomic E-state index is 5.96. The average Bonchev–Trinajstić information content (AvgIpc) is 2.81. The maximum absolute atomic E-state index is 5.96. The van der Waals surface area contributed by atoms with Crippen molar-refractivity contribution < 1.29 is 0 Å². The van der Waals surface area contributed by atoms with E-state index in [1.165, 1.54) is 16.8 Å². The molecule has 0 aliphatic carbocycles. The second kappa shape index (κ2) is 5.45. The Bertz CT molecular complexity index is 622. The zero-order valence-corrected chi connectivity index (χ0v) is 12.7. The highest BCUT2D eigenvalue weighted by atomic mass is 35.5. The van der Waals surface area contributed by atoms with Gasteiger partial charge in [0.05, 0.1) is 12.2 Å². The first-order chi connectivity index (χ1) is 9.63. The van der Waals surface area contributed by atoms with Crippen molar-refractivity contribution in [2.24, 2.45) is 0 Å². The molecule has 0 atom stereocenters. The van der Waals surface area contributed by atoms with Gasteiger partial charge in [0.1, 0.15) is 5.15 Å². The number of benzene rings is 1. The van der Waals surface area contributed by atoms with Crippen LogP contribution in [0.4, 0.5) is 5.69 Å². The van der Waals surface area contributed by atoms with E-state index in [9.17, 15) is 0 Å². The van der Waals surface area contributed by atoms with Gasteiger partial charge in [-0.1, -0.05) is 43.6 Å². The van der Waals surface area contributed by atoms with E-state index in [4.69, 9.17) is 11.6 Å². The number of halogens is 1. The molecule has 20 heavy (non-hydrogen) atoms. The van der Waals surface area contributed by atoms with E-state index in [0.29, 0.717) is 11.1 Å². The number of nitrogens with zero attached hydrogens (tertiary/aromatic N) is 2. The molecular weight excluding hydrogens is 268 g/mol. The summed E-state index contributed by atoms with van der Waals surface area (Å²) in [7, 11) is 0. The zero-order chi connectivity index (χ0) is 14.1. The standard InChI is InChI=1S/C17H19ClN2/c1-12(2)13-6-7-16-14(10-13)8-9-20(16)11-15-4-3-5-17(18)19-15/h3-7,10,12H,8-9,11H2,1-2H3. The van der Waals surface area contributed by atoms with E-state index < -0.39 is 0 Å². The van der Waals surface area contributed by atoms with Crippen LogP contribution in [-0.2, 0) is 13.0 Å². The van der Waals surface area contributed by atoms with Crippen LogP contribution in [0.15, 0.2) is 36.4 Å². The van der Waals surface area contributed by atoms with Gasteiger partial charge in [-0.05, 0) is 41.7 Å². The number of anilines is 1. The molecule has 0 N–H and O–H groups in total. The van der Waals surface area contributed by atoms with Crippen molar-refractivity contribution in [3.05, 3.63) is 58.4 Å². The van der Waals surface area contributed by atoms with Crippen molar-refractivity contribution in [2.45, 2.75) is 32.7 Å². The van der Waals surface area contributed by atoms with Gasteiger partial charge in [0.2, 0.25) is 0 Å². The first kappa shape index (κ1) is 13.4. The quantitative estimate of drug-likeness (QED) is 0.777. The number of aromatic nitrogens is 1. The van der Waals surface area contributed by atoms with E-state index in [2.05, 4.69) is 41.9 Å². The fraction of sp³-hybridized carbons (Fsp3) is 0.353. The summed E-state index contributed by atoms with van der Waals surface area (Å²) in [6.45, 7) is 6.37. The molecule has 0 saturated carbocycles. The van der Waals surface area contributed by atoms with Crippen LogP contribution in [0.2, 0.25) is 5.15 Å². The summed E-state index contributed by atoms with van der Waals surface area (Å²) >= 11 is 5.96. The molecule has 2 nitrogen and oxygen atoms in total. The highest BCUT2D eigenvalue weighted by Crippen LogP contribution is 2.31. The number of hydrogen-bond donors (Lipinski definition) is 0. The van der Waals surface area contributed by atoms with Gasteiger partial charge in [0.15, 0.2) is 0 Å². The highest BCUT2D eigenvalue weighted by Gasteiger charge is 2.20. The fourth-order valence-corrected chi connectivity index (χ4v) is 2.93. The lowest BCUT2D eigenvalue weighted by Gasteiger charge is -2.19. The molecule has 0 spiro atoms. The Labute approximate surface area is 125 Å². The van der Waals surface area contributed by atoms with Crippen LogP contribution in [0.1, 0.15) is 36.6 Å². The molecular formula is C17H19ClN2. The van der Waals surface area contributed by atoms with Gasteiger partial charge < -0.3 is 4.90 Å². The van der Waals surface area contributed by atoms with Crippen molar-refractivity contribution >= 4 is 17.3 Å². The number of fused-ring (bicyclic) bond motifs is 1. The minimum absolute atomic E-state index is 0.567. The number of rotatable bonds is 3. The smallest absolute Gasteiger partial charge is 0.129 e. The third kappa shape index (κ3) is 2.66. The summed E-state index contributed by atoms with van der Waals surface area (Å²) < 4.78 is 0. The predicted molar refractivity (Wildman–Crippen MR) is 84.5 cm³/mol. The third-order valence-electron chi connectivity index (χ3n) is 3.89. The third-order valence-corrected chi connectivity index (χ3v) is 4.10. The molecule has 1 aliphatic heterocycles. The van der Waals surface area contributed by atoms with Crippen molar-refractivity contribution in [1.82, 2.24) is 4.98 Å². The van der Waals surface area contributed by atoms with Gasteiger partial charge in [-0.2, -0.15) is 0 Å². The Balaban J connectivity index is 1.83. The van der Waals surface area contributed by atoms with Crippen LogP contribution in [-0.4, -0.2) is 11.5 Å². The number of hydrogen-bond acceptors (Lipinski definition) is 2. The molecule has 2 heterocycles. The first-order valence-electron chi connectivity index (χ1n) is 7.12. The SMILES string of the molecule is CC(C)c1ccc2c(c1)CCN2Cc1cccc(Cl)n1. The highest BCUT2D eigenvalue weighted by molar-refractivity contribution is 6.29. The minimum Gasteiger partial charge on any atom is -0.365 e. The molecule has 3 heteroatoms. The Morgan fingerprint density at radius 1 is 1.25 bits per heavy atom. The fourth-order valence-electron chi connectivity index (χ4n) is 2.75. The van der Waals surface area contributed by atoms with Crippen LogP contribution < -0.4 is 4.90 Å². The molecule has 0 unspecified atom stereocenters. The molecule has 1 aromatic heterocycles. The molecule has 0 saturated heterocycles. The second-order valence-corrected chi connectivity index (χ2v) is 6.05. The van der Waals surface area contributed by atoms with E-state index in [0.717, 1.165) is 25.2 Å². The molecule has 3 rings (SSSR count). The largest absolute Gasteiger partial charge is 0.365 e. The van der Waals surface area contributed by atoms with Gasteiger partial charge in [-0.15, -0.1) is 0 Å². The maximum Gasteiger partial charge on any atom is 0.129 e. The summed E-state index contributed by atoms with van der Waals surface area (Å²) in [4.78, 5) is 6.77. The lowest BCUT2D eigenvalue weighted by Crippen LogP contribution is -2.20. The Morgan fingerprint density at radius 2 is 2.10 bits per heavy atom. The molecule has 0 fully saturated rings. The molecule has 0 radical (unpaired) electrons. The topological polar surface area (TPSA) is 16.1 Å². The zero-order valence-electron chi connectivity index (χ0n) is 11.9. The van der Waals surface area contributed by atoms with Gasteiger partial charge in [0, 0.05) is 12.2 Å². The molecule has 1 aliphatic rings. The van der Waals surface area contributed by atoms with Gasteiger partial charge in [0.25, 0.3) is 0 Å². The summed E-state index contributed by atoms with van der Waals surface area (Å²) in [5.41, 5.74) is 5.25. The van der Waals surface area contributed by atoms with E-state index in [1.807, 2.05) is 18.2 Å². The first-order valence-corrected chi connectivity index (χ1v) is 7.50. The van der Waals surface area contributed by atoms with Crippen LogP contribution in [0.5, 0.6) is 0 Å². The normalized spacial score (nSPS) is 13.9. The Kier molecular flexibility index (Phi) is 3.66. The summed E-state index contributed by atoms with van der Waals surface area (Å²) in [6.07, 6.45) is 1.12. The Morgan fingerprint density at radius 3 is 2.85 bits per heavy atom. The van der Waals surface area contributed by atoms with Gasteiger partial charge in [-0.25, -0.2) is 4.98 Å². The van der Waals surface area contributed by atoms with Crippen LogP contribution in [0.25, 0.3) is 0 Å². The molecule has 0 amide bonds. The second-order valence-electron chi connectivity index (χ2n) is 5.67. The molecule has 0 bridgehead atoms. The van der Waals surface area contributed by atoms with E-state index in [1.54, 1.807) is 0 Å². The van der Waals surface area contributed by atoms with Crippen molar-refractivity contribution in [3.63, 3.8) is 0 Å². The minimum atomic E-state index is 0.567. The van der Waals surface area contributed by atoms with Crippen molar-refractivity contribution in [1.29, 1.82) is 0 Å². The average molecular weight is 287 g/mol. The summed E-state index contributed by atoms with van der Waals surface area (Å²) in [5.74, 6) is 0.587. The summed E-state index contributed by atoms with van der Waals surface area (Å²) in [5, 5.41) is 0.567. The van der Waals surface area contributed by atoms with E-state index in [-0.39, 0.29) is 0 Å². The predicted octanol–water partition coefficient (Wildman–Crippen LogP) is 4.42. The lowest BCUT2D eigenvalue weighted by atomic mass is 10.00. The summed E-state index contributed by atoms with van der Waals surface area (Å²) in [6, 6.07) is 12.7. The van der Waals surface area contributed by atoms with Crippen LogP contribution in [0, 0.1) is 0 Å². The molecule has 1 aromatic carbocycles. The van der Waals surface area contributed by atoms with Gasteiger partial charge in [-0.3, -0.25) is 0 Å². The van der Waals surface area contributed by atoms with E-state index >= 15 is 0 Å². The van der Waals surface area contributed by atoms with Crippen LogP contribution in [0.3, 0.4) is 0 Å². The molecule has 2 aromatic rings. The van der Waals surface area contributed by atoms with Gasteiger partial charge >= 0.3 is 0 Å². The molecule has 104 valence electrons. The number of pyridine rings is 1. The lowest BCUT2D eigenvalue weighted by molar-refractivity contribution is 0.815. The van der Waals surface area contributed by atoms with Crippen molar-refractivity contribution in [3.8, 4) is 0 Å². The van der Waals surface area contributed by atoms with Crippen molar-refractivity contribution in [2.75, 3.05) is 11.4 Å².